The molecule has 4 saturated carbocycles. The minimum Gasteiger partial charge on any atom is -0.393 e. The molecule has 86 valence electrons. The van der Waals surface area contributed by atoms with Crippen molar-refractivity contribution in [3.05, 3.63) is 0 Å². The van der Waals surface area contributed by atoms with Gasteiger partial charge in [-0.25, -0.2) is 0 Å². The van der Waals surface area contributed by atoms with Gasteiger partial charge in [0.1, 0.15) is 0 Å². The predicted octanol–water partition coefficient (Wildman–Crippen LogP) is 2.74. The number of hydrogen-bond acceptors (Lipinski definition) is 1. The fraction of sp³-hybridized carbons (Fsp3) is 1.00. The number of aliphatic hydroxyl groups excluding tert-OH is 1. The van der Waals surface area contributed by atoms with Crippen LogP contribution in [0.1, 0.15) is 32.1 Å². The molecule has 0 aromatic heterocycles. The van der Waals surface area contributed by atoms with Crippen molar-refractivity contribution in [1.82, 2.24) is 0 Å². The van der Waals surface area contributed by atoms with E-state index < -0.39 is 17.7 Å². The van der Waals surface area contributed by atoms with Crippen molar-refractivity contribution < 1.29 is 18.3 Å². The van der Waals surface area contributed by atoms with Crippen LogP contribution >= 0.6 is 0 Å². The Morgan fingerprint density at radius 1 is 1.00 bits per heavy atom. The lowest BCUT2D eigenvalue weighted by Gasteiger charge is -2.58. The zero-order chi connectivity index (χ0) is 10.8. The van der Waals surface area contributed by atoms with Gasteiger partial charge < -0.3 is 5.11 Å². The van der Waals surface area contributed by atoms with E-state index in [2.05, 4.69) is 0 Å². The number of alkyl halides is 3. The van der Waals surface area contributed by atoms with Gasteiger partial charge in [0.25, 0.3) is 0 Å². The highest BCUT2D eigenvalue weighted by Crippen LogP contribution is 2.65. The largest absolute Gasteiger partial charge is 0.394 e. The zero-order valence-electron chi connectivity index (χ0n) is 8.43. The minimum absolute atomic E-state index is 0.0853. The van der Waals surface area contributed by atoms with E-state index in [1.165, 1.54) is 0 Å². The summed E-state index contributed by atoms with van der Waals surface area (Å²) >= 11 is 0. The Bertz CT molecular complexity index is 270. The first-order valence-corrected chi connectivity index (χ1v) is 5.66. The van der Waals surface area contributed by atoms with Crippen LogP contribution in [0.15, 0.2) is 0 Å². The Hall–Kier alpha value is -0.250. The third-order valence-electron chi connectivity index (χ3n) is 4.82. The SMILES string of the molecule is OC1C2CC3CC1CC(C(F)(F)F)(C3)C2. The van der Waals surface area contributed by atoms with Crippen molar-refractivity contribution in [3.8, 4) is 0 Å². The molecule has 0 amide bonds. The van der Waals surface area contributed by atoms with E-state index in [-0.39, 0.29) is 30.6 Å². The van der Waals surface area contributed by atoms with Gasteiger partial charge in [0, 0.05) is 0 Å². The molecule has 2 atom stereocenters. The standard InChI is InChI=1S/C11H15F3O/c12-11(13,14)10-3-6-1-7(4-10)9(15)8(2-6)5-10/h6-9,15H,1-5H2. The van der Waals surface area contributed by atoms with E-state index in [0.717, 1.165) is 12.8 Å². The monoisotopic (exact) mass is 220 g/mol. The van der Waals surface area contributed by atoms with Gasteiger partial charge in [-0.1, -0.05) is 0 Å². The van der Waals surface area contributed by atoms with Gasteiger partial charge in [-0.05, 0) is 49.9 Å². The third-order valence-corrected chi connectivity index (χ3v) is 4.82. The molecule has 0 aliphatic heterocycles. The van der Waals surface area contributed by atoms with Crippen LogP contribution < -0.4 is 0 Å². The highest BCUT2D eigenvalue weighted by molar-refractivity contribution is 5.07. The second-order valence-corrected chi connectivity index (χ2v) is 5.74. The summed E-state index contributed by atoms with van der Waals surface area (Å²) in [6.07, 6.45) is -2.24. The van der Waals surface area contributed by atoms with Gasteiger partial charge in [0.15, 0.2) is 0 Å². The van der Waals surface area contributed by atoms with E-state index in [4.69, 9.17) is 0 Å². The minimum atomic E-state index is -4.07. The predicted molar refractivity (Wildman–Crippen MR) is 48.0 cm³/mol. The summed E-state index contributed by atoms with van der Waals surface area (Å²) in [5.41, 5.74) is -1.44. The number of rotatable bonds is 0. The number of halogens is 3. The Morgan fingerprint density at radius 2 is 1.53 bits per heavy atom. The number of hydrogen-bond donors (Lipinski definition) is 1. The highest BCUT2D eigenvalue weighted by atomic mass is 19.4. The lowest BCUT2D eigenvalue weighted by atomic mass is 9.48. The molecule has 4 heteroatoms. The van der Waals surface area contributed by atoms with E-state index in [9.17, 15) is 18.3 Å². The lowest BCUT2D eigenvalue weighted by Crippen LogP contribution is -2.58. The van der Waals surface area contributed by atoms with Gasteiger partial charge in [-0.3, -0.25) is 0 Å². The zero-order valence-corrected chi connectivity index (χ0v) is 8.43. The molecule has 0 heterocycles. The van der Waals surface area contributed by atoms with E-state index in [0.29, 0.717) is 6.42 Å². The molecule has 0 saturated heterocycles. The van der Waals surface area contributed by atoms with Gasteiger partial charge in [-0.15, -0.1) is 0 Å². The molecular weight excluding hydrogens is 205 g/mol. The van der Waals surface area contributed by atoms with Crippen molar-refractivity contribution in [1.29, 1.82) is 0 Å². The molecule has 0 aromatic rings. The second-order valence-electron chi connectivity index (χ2n) is 5.74. The summed E-state index contributed by atoms with van der Waals surface area (Å²) < 4.78 is 39.1. The van der Waals surface area contributed by atoms with E-state index >= 15 is 0 Å². The van der Waals surface area contributed by atoms with E-state index in [1.54, 1.807) is 0 Å². The van der Waals surface area contributed by atoms with Crippen molar-refractivity contribution in [3.63, 3.8) is 0 Å². The second kappa shape index (κ2) is 2.70. The van der Waals surface area contributed by atoms with Crippen molar-refractivity contribution in [2.45, 2.75) is 44.4 Å². The summed E-state index contributed by atoms with van der Waals surface area (Å²) in [5, 5.41) is 9.84. The van der Waals surface area contributed by atoms with Gasteiger partial charge >= 0.3 is 6.18 Å². The van der Waals surface area contributed by atoms with Gasteiger partial charge in [-0.2, -0.15) is 13.2 Å². The average molecular weight is 220 g/mol. The molecule has 15 heavy (non-hydrogen) atoms. The van der Waals surface area contributed by atoms with E-state index in [1.807, 2.05) is 0 Å². The molecule has 4 rings (SSSR count). The van der Waals surface area contributed by atoms with Gasteiger partial charge in [0.2, 0.25) is 0 Å². The maximum Gasteiger partial charge on any atom is 0.394 e. The molecule has 4 fully saturated rings. The van der Waals surface area contributed by atoms with Crippen LogP contribution in [-0.2, 0) is 0 Å². The summed E-state index contributed by atoms with van der Waals surface area (Å²) in [4.78, 5) is 0. The van der Waals surface area contributed by atoms with Crippen LogP contribution in [0.25, 0.3) is 0 Å². The lowest BCUT2D eigenvalue weighted by molar-refractivity contribution is -0.287. The third kappa shape index (κ3) is 1.20. The van der Waals surface area contributed by atoms with Crippen molar-refractivity contribution >= 4 is 0 Å². The smallest absolute Gasteiger partial charge is 0.393 e. The van der Waals surface area contributed by atoms with Crippen LogP contribution in [0, 0.1) is 23.2 Å². The van der Waals surface area contributed by atoms with Crippen molar-refractivity contribution in [2.24, 2.45) is 23.2 Å². The molecule has 4 aliphatic rings. The molecule has 4 bridgehead atoms. The molecule has 4 aliphatic carbocycles. The van der Waals surface area contributed by atoms with Gasteiger partial charge in [0.05, 0.1) is 11.5 Å². The van der Waals surface area contributed by atoms with Crippen LogP contribution in [0.3, 0.4) is 0 Å². The fourth-order valence-corrected chi connectivity index (χ4v) is 4.34. The van der Waals surface area contributed by atoms with Crippen LogP contribution in [0.2, 0.25) is 0 Å². The highest BCUT2D eigenvalue weighted by Gasteiger charge is 2.65. The Kier molecular flexibility index (Phi) is 1.79. The maximum absolute atomic E-state index is 13.0. The molecule has 0 spiro atoms. The first-order chi connectivity index (χ1) is 6.91. The van der Waals surface area contributed by atoms with Crippen LogP contribution in [-0.4, -0.2) is 17.4 Å². The topological polar surface area (TPSA) is 20.2 Å². The fourth-order valence-electron chi connectivity index (χ4n) is 4.34. The number of aliphatic hydroxyl groups is 1. The Morgan fingerprint density at radius 3 is 2.00 bits per heavy atom. The molecule has 0 radical (unpaired) electrons. The van der Waals surface area contributed by atoms with Crippen molar-refractivity contribution in [2.75, 3.05) is 0 Å². The Labute approximate surface area is 86.7 Å². The summed E-state index contributed by atoms with van der Waals surface area (Å²) in [6, 6.07) is 0. The Balaban J connectivity index is 1.96. The summed E-state index contributed by atoms with van der Waals surface area (Å²) in [6.45, 7) is 0. The normalized spacial score (nSPS) is 53.6. The first-order valence-electron chi connectivity index (χ1n) is 5.66. The molecule has 1 nitrogen and oxygen atoms in total. The maximum atomic E-state index is 13.0. The van der Waals surface area contributed by atoms with Crippen LogP contribution in [0.5, 0.6) is 0 Å². The molecular formula is C11H15F3O. The summed E-state index contributed by atoms with van der Waals surface area (Å²) in [5.74, 6) is 0.0447. The average Bonchev–Trinajstić information content (AvgIpc) is 2.10. The van der Waals surface area contributed by atoms with Crippen LogP contribution in [0.4, 0.5) is 13.2 Å². The quantitative estimate of drug-likeness (QED) is 0.665. The molecule has 2 unspecified atom stereocenters. The summed E-state index contributed by atoms with van der Waals surface area (Å²) in [7, 11) is 0. The molecule has 0 aromatic carbocycles. The molecule has 1 N–H and O–H groups in total. The first kappa shape index (κ1) is 9.94.